The van der Waals surface area contributed by atoms with E-state index in [0.29, 0.717) is 12.4 Å². The number of benzene rings is 2. The van der Waals surface area contributed by atoms with E-state index in [-0.39, 0.29) is 11.5 Å². The van der Waals surface area contributed by atoms with Gasteiger partial charge in [-0.15, -0.1) is 0 Å². The highest BCUT2D eigenvalue weighted by atomic mass is 79.9. The van der Waals surface area contributed by atoms with Gasteiger partial charge in [-0.3, -0.25) is 0 Å². The average molecular weight is 410 g/mol. The van der Waals surface area contributed by atoms with Crippen LogP contribution in [0.25, 0.3) is 10.9 Å². The average Bonchev–Trinajstić information content (AvgIpc) is 2.59. The monoisotopic (exact) mass is 409 g/mol. The molecule has 0 spiro atoms. The van der Waals surface area contributed by atoms with Gasteiger partial charge in [0.05, 0.1) is 12.6 Å². The SMILES string of the molecule is COc1ccc(CNc2ncnc3ccc(Br)cc23)cc1OC(F)F. The summed E-state index contributed by atoms with van der Waals surface area (Å²) in [5.41, 5.74) is 1.55. The lowest BCUT2D eigenvalue weighted by Crippen LogP contribution is -2.06. The van der Waals surface area contributed by atoms with Crippen LogP contribution in [-0.2, 0) is 6.54 Å². The van der Waals surface area contributed by atoms with E-state index in [0.717, 1.165) is 20.9 Å². The third kappa shape index (κ3) is 4.14. The zero-order valence-corrected chi connectivity index (χ0v) is 14.8. The number of fused-ring (bicyclic) bond motifs is 1. The van der Waals surface area contributed by atoms with Crippen LogP contribution < -0.4 is 14.8 Å². The fraction of sp³-hybridized carbons (Fsp3) is 0.176. The summed E-state index contributed by atoms with van der Waals surface area (Å²) in [4.78, 5) is 8.46. The van der Waals surface area contributed by atoms with E-state index < -0.39 is 6.61 Å². The summed E-state index contributed by atoms with van der Waals surface area (Å²) < 4.78 is 35.5. The zero-order chi connectivity index (χ0) is 17.8. The number of anilines is 1. The van der Waals surface area contributed by atoms with Gasteiger partial charge in [-0.2, -0.15) is 8.78 Å². The molecule has 5 nitrogen and oxygen atoms in total. The highest BCUT2D eigenvalue weighted by molar-refractivity contribution is 9.10. The predicted molar refractivity (Wildman–Crippen MR) is 94.2 cm³/mol. The van der Waals surface area contributed by atoms with Gasteiger partial charge in [0.2, 0.25) is 0 Å². The quantitative estimate of drug-likeness (QED) is 0.643. The van der Waals surface area contributed by atoms with Gasteiger partial charge in [0, 0.05) is 16.4 Å². The first kappa shape index (κ1) is 17.3. The number of aromatic nitrogens is 2. The van der Waals surface area contributed by atoms with Gasteiger partial charge in [0.25, 0.3) is 0 Å². The molecule has 0 bridgehead atoms. The van der Waals surface area contributed by atoms with Crippen LogP contribution in [0.3, 0.4) is 0 Å². The molecule has 0 radical (unpaired) electrons. The standard InChI is InChI=1S/C17H14BrF2N3O2/c1-24-14-5-2-10(6-15(14)25-17(19)20)8-21-16-12-7-11(18)3-4-13(12)22-9-23-16/h2-7,9,17H,8H2,1H3,(H,21,22,23). The van der Waals surface area contributed by atoms with Crippen LogP contribution in [-0.4, -0.2) is 23.7 Å². The van der Waals surface area contributed by atoms with Crippen molar-refractivity contribution >= 4 is 32.7 Å². The molecule has 0 aliphatic rings. The second-order valence-corrected chi connectivity index (χ2v) is 6.02. The Morgan fingerprint density at radius 1 is 1.12 bits per heavy atom. The minimum atomic E-state index is -2.92. The number of nitrogens with zero attached hydrogens (tertiary/aromatic N) is 2. The molecule has 0 amide bonds. The maximum absolute atomic E-state index is 12.5. The number of alkyl halides is 2. The topological polar surface area (TPSA) is 56.3 Å². The first-order chi connectivity index (χ1) is 12.1. The Kier molecular flexibility index (Phi) is 5.28. The van der Waals surface area contributed by atoms with Crippen LogP contribution in [0.4, 0.5) is 14.6 Å². The maximum atomic E-state index is 12.5. The van der Waals surface area contributed by atoms with Gasteiger partial charge in [-0.05, 0) is 35.9 Å². The Labute approximate surface area is 151 Å². The van der Waals surface area contributed by atoms with Gasteiger partial charge in [-0.25, -0.2) is 9.97 Å². The maximum Gasteiger partial charge on any atom is 0.387 e. The third-order valence-corrected chi connectivity index (χ3v) is 3.99. The van der Waals surface area contributed by atoms with Crippen molar-refractivity contribution in [2.24, 2.45) is 0 Å². The highest BCUT2D eigenvalue weighted by Gasteiger charge is 2.12. The van der Waals surface area contributed by atoms with Crippen LogP contribution in [0.15, 0.2) is 47.2 Å². The Morgan fingerprint density at radius 3 is 2.72 bits per heavy atom. The van der Waals surface area contributed by atoms with Gasteiger partial charge >= 0.3 is 6.61 Å². The summed E-state index contributed by atoms with van der Waals surface area (Å²) in [6, 6.07) is 10.6. The molecule has 2 aromatic carbocycles. The van der Waals surface area contributed by atoms with Crippen molar-refractivity contribution in [2.45, 2.75) is 13.2 Å². The van der Waals surface area contributed by atoms with Crippen LogP contribution in [0.2, 0.25) is 0 Å². The number of hydrogen-bond acceptors (Lipinski definition) is 5. The minimum absolute atomic E-state index is 0.00732. The lowest BCUT2D eigenvalue weighted by Gasteiger charge is -2.13. The molecule has 0 saturated heterocycles. The molecule has 0 saturated carbocycles. The number of nitrogens with one attached hydrogen (secondary N) is 1. The van der Waals surface area contributed by atoms with E-state index in [1.807, 2.05) is 18.2 Å². The van der Waals surface area contributed by atoms with Crippen LogP contribution in [0.1, 0.15) is 5.56 Å². The first-order valence-corrected chi connectivity index (χ1v) is 8.12. The van der Waals surface area contributed by atoms with E-state index in [1.165, 1.54) is 19.5 Å². The summed E-state index contributed by atoms with van der Waals surface area (Å²) in [6.45, 7) is -2.54. The molecule has 1 N–H and O–H groups in total. The molecule has 25 heavy (non-hydrogen) atoms. The number of halogens is 3. The van der Waals surface area contributed by atoms with E-state index in [4.69, 9.17) is 4.74 Å². The molecule has 130 valence electrons. The number of ether oxygens (including phenoxy) is 2. The van der Waals surface area contributed by atoms with E-state index >= 15 is 0 Å². The van der Waals surface area contributed by atoms with Crippen molar-refractivity contribution < 1.29 is 18.3 Å². The predicted octanol–water partition coefficient (Wildman–Crippen LogP) is 4.61. The Bertz CT molecular complexity index is 893. The summed E-state index contributed by atoms with van der Waals surface area (Å²) in [5, 5.41) is 4.05. The largest absolute Gasteiger partial charge is 0.493 e. The fourth-order valence-corrected chi connectivity index (χ4v) is 2.74. The van der Waals surface area contributed by atoms with Gasteiger partial charge in [0.15, 0.2) is 11.5 Å². The van der Waals surface area contributed by atoms with Crippen molar-refractivity contribution in [1.82, 2.24) is 9.97 Å². The highest BCUT2D eigenvalue weighted by Crippen LogP contribution is 2.30. The van der Waals surface area contributed by atoms with E-state index in [9.17, 15) is 8.78 Å². The van der Waals surface area contributed by atoms with Gasteiger partial charge in [-0.1, -0.05) is 22.0 Å². The molecule has 0 aliphatic carbocycles. The molecule has 3 rings (SSSR count). The Balaban J connectivity index is 1.83. The lowest BCUT2D eigenvalue weighted by molar-refractivity contribution is -0.0512. The zero-order valence-electron chi connectivity index (χ0n) is 13.2. The number of hydrogen-bond donors (Lipinski definition) is 1. The summed E-state index contributed by atoms with van der Waals surface area (Å²) >= 11 is 3.43. The molecule has 0 atom stereocenters. The second kappa shape index (κ2) is 7.60. The smallest absolute Gasteiger partial charge is 0.387 e. The minimum Gasteiger partial charge on any atom is -0.493 e. The molecule has 1 aromatic heterocycles. The molecule has 3 aromatic rings. The lowest BCUT2D eigenvalue weighted by atomic mass is 10.2. The van der Waals surface area contributed by atoms with E-state index in [1.54, 1.807) is 12.1 Å². The summed E-state index contributed by atoms with van der Waals surface area (Å²) in [6.07, 6.45) is 1.47. The van der Waals surface area contributed by atoms with Crippen LogP contribution in [0, 0.1) is 0 Å². The fourth-order valence-electron chi connectivity index (χ4n) is 2.37. The van der Waals surface area contributed by atoms with Crippen LogP contribution in [0.5, 0.6) is 11.5 Å². The Hall–Kier alpha value is -2.48. The first-order valence-electron chi connectivity index (χ1n) is 7.32. The van der Waals surface area contributed by atoms with Crippen molar-refractivity contribution in [2.75, 3.05) is 12.4 Å². The van der Waals surface area contributed by atoms with Crippen molar-refractivity contribution in [3.05, 3.63) is 52.8 Å². The van der Waals surface area contributed by atoms with Gasteiger partial charge in [0.1, 0.15) is 12.1 Å². The van der Waals surface area contributed by atoms with Crippen molar-refractivity contribution in [1.29, 1.82) is 0 Å². The molecular weight excluding hydrogens is 396 g/mol. The third-order valence-electron chi connectivity index (χ3n) is 3.50. The molecular formula is C17H14BrF2N3O2. The number of rotatable bonds is 6. The summed E-state index contributed by atoms with van der Waals surface area (Å²) in [5.74, 6) is 0.894. The molecule has 0 unspecified atom stereocenters. The molecule has 0 aliphatic heterocycles. The normalized spacial score (nSPS) is 10.9. The van der Waals surface area contributed by atoms with Crippen LogP contribution >= 0.6 is 15.9 Å². The summed E-state index contributed by atoms with van der Waals surface area (Å²) in [7, 11) is 1.40. The van der Waals surface area contributed by atoms with Crippen molar-refractivity contribution in [3.63, 3.8) is 0 Å². The number of methoxy groups -OCH3 is 1. The van der Waals surface area contributed by atoms with Crippen molar-refractivity contribution in [3.8, 4) is 11.5 Å². The van der Waals surface area contributed by atoms with E-state index in [2.05, 4.69) is 36.0 Å². The molecule has 8 heteroatoms. The van der Waals surface area contributed by atoms with Gasteiger partial charge < -0.3 is 14.8 Å². The second-order valence-electron chi connectivity index (χ2n) is 5.10. The molecule has 1 heterocycles. The molecule has 0 fully saturated rings. The Morgan fingerprint density at radius 2 is 1.96 bits per heavy atom.